The van der Waals surface area contributed by atoms with E-state index in [0.717, 1.165) is 10.9 Å². The topological polar surface area (TPSA) is 128 Å². The van der Waals surface area contributed by atoms with E-state index < -0.39 is 10.8 Å². The van der Waals surface area contributed by atoms with E-state index in [4.69, 9.17) is 8.83 Å². The average molecular weight is 508 g/mol. The summed E-state index contributed by atoms with van der Waals surface area (Å²) in [6.07, 6.45) is 2.77. The lowest BCUT2D eigenvalue weighted by Gasteiger charge is -2.09. The van der Waals surface area contributed by atoms with Gasteiger partial charge in [0, 0.05) is 28.9 Å². The van der Waals surface area contributed by atoms with Crippen molar-refractivity contribution in [2.24, 2.45) is 0 Å². The van der Waals surface area contributed by atoms with Gasteiger partial charge in [-0.15, -0.1) is 0 Å². The molecular weight excluding hydrogens is 486 g/mol. The van der Waals surface area contributed by atoms with Gasteiger partial charge in [0.2, 0.25) is 5.91 Å². The number of hydrogen-bond donors (Lipinski definition) is 2. The molecule has 2 aromatic heterocycles. The Morgan fingerprint density at radius 1 is 0.895 bits per heavy atom. The Labute approximate surface area is 216 Å². The maximum absolute atomic E-state index is 12.6. The van der Waals surface area contributed by atoms with Crippen LogP contribution in [0.15, 0.2) is 99.8 Å². The van der Waals surface area contributed by atoms with Gasteiger partial charge in [-0.2, -0.15) is 0 Å². The summed E-state index contributed by atoms with van der Waals surface area (Å²) in [6, 6.07) is 23.7. The van der Waals surface area contributed by atoms with Crippen LogP contribution in [-0.2, 0) is 4.79 Å². The predicted octanol–water partition coefficient (Wildman–Crippen LogP) is 6.81. The van der Waals surface area contributed by atoms with E-state index in [2.05, 4.69) is 10.6 Å². The van der Waals surface area contributed by atoms with Gasteiger partial charge >= 0.3 is 0 Å². The molecule has 0 fully saturated rings. The SMILES string of the molecule is Cc1cc(NC(=O)C=Cc2ccc(-c3ccccc3[N+](=O)[O-])o2)ccc1NC(=O)c1cc2ccccc2o1. The number of rotatable bonds is 7. The molecule has 0 aliphatic carbocycles. The van der Waals surface area contributed by atoms with Gasteiger partial charge in [-0.05, 0) is 67.1 Å². The summed E-state index contributed by atoms with van der Waals surface area (Å²) in [7, 11) is 0. The van der Waals surface area contributed by atoms with Crippen molar-refractivity contribution in [1.82, 2.24) is 0 Å². The average Bonchev–Trinajstić information content (AvgIpc) is 3.56. The lowest BCUT2D eigenvalue weighted by atomic mass is 10.1. The molecular formula is C29H21N3O6. The van der Waals surface area contributed by atoms with Crippen LogP contribution in [0.5, 0.6) is 0 Å². The van der Waals surface area contributed by atoms with Gasteiger partial charge in [0.05, 0.1) is 10.5 Å². The molecule has 9 nitrogen and oxygen atoms in total. The van der Waals surface area contributed by atoms with Gasteiger partial charge in [-0.1, -0.05) is 30.3 Å². The highest BCUT2D eigenvalue weighted by atomic mass is 16.6. The monoisotopic (exact) mass is 507 g/mol. The van der Waals surface area contributed by atoms with E-state index in [-0.39, 0.29) is 17.4 Å². The normalized spacial score (nSPS) is 11.1. The highest BCUT2D eigenvalue weighted by Crippen LogP contribution is 2.31. The van der Waals surface area contributed by atoms with Gasteiger partial charge in [-0.3, -0.25) is 19.7 Å². The van der Waals surface area contributed by atoms with Gasteiger partial charge in [0.25, 0.3) is 11.6 Å². The number of anilines is 2. The summed E-state index contributed by atoms with van der Waals surface area (Å²) in [4.78, 5) is 35.9. The second kappa shape index (κ2) is 10.3. The largest absolute Gasteiger partial charge is 0.456 e. The first kappa shape index (κ1) is 24.3. The van der Waals surface area contributed by atoms with E-state index in [0.29, 0.717) is 34.0 Å². The standard InChI is InChI=1S/C29H21N3O6/c1-18-16-20(10-13-23(18)31-29(34)27-17-19-6-2-5-9-25(19)38-27)30-28(33)15-12-21-11-14-26(37-21)22-7-3-4-8-24(22)32(35)36/h2-17H,1H3,(H,30,33)(H,31,34). The summed E-state index contributed by atoms with van der Waals surface area (Å²) in [5.74, 6) is 0.132. The third kappa shape index (κ3) is 5.21. The molecule has 0 saturated heterocycles. The van der Waals surface area contributed by atoms with Crippen LogP contribution in [0.3, 0.4) is 0 Å². The van der Waals surface area contributed by atoms with Gasteiger partial charge < -0.3 is 19.5 Å². The summed E-state index contributed by atoms with van der Waals surface area (Å²) in [5, 5.41) is 17.7. The van der Waals surface area contributed by atoms with Crippen LogP contribution in [0, 0.1) is 17.0 Å². The van der Waals surface area contributed by atoms with Crippen molar-refractivity contribution in [3.8, 4) is 11.3 Å². The van der Waals surface area contributed by atoms with E-state index in [1.54, 1.807) is 60.7 Å². The minimum atomic E-state index is -0.474. The zero-order valence-electron chi connectivity index (χ0n) is 20.1. The van der Waals surface area contributed by atoms with E-state index in [1.165, 1.54) is 18.2 Å². The number of aryl methyl sites for hydroxylation is 1. The second-order valence-electron chi connectivity index (χ2n) is 8.43. The molecule has 9 heteroatoms. The number of amides is 2. The molecule has 5 aromatic rings. The van der Waals surface area contributed by atoms with Crippen molar-refractivity contribution in [2.45, 2.75) is 6.92 Å². The molecule has 0 aliphatic heterocycles. The Balaban J connectivity index is 1.22. The van der Waals surface area contributed by atoms with E-state index in [9.17, 15) is 19.7 Å². The molecule has 0 bridgehead atoms. The van der Waals surface area contributed by atoms with Crippen LogP contribution in [0.25, 0.3) is 28.4 Å². The fraction of sp³-hybridized carbons (Fsp3) is 0.0345. The zero-order chi connectivity index (χ0) is 26.6. The van der Waals surface area contributed by atoms with Gasteiger partial charge in [0.15, 0.2) is 5.76 Å². The number of nitro groups is 1. The smallest absolute Gasteiger partial charge is 0.291 e. The predicted molar refractivity (Wildman–Crippen MR) is 144 cm³/mol. The molecule has 0 spiro atoms. The highest BCUT2D eigenvalue weighted by Gasteiger charge is 2.17. The lowest BCUT2D eigenvalue weighted by molar-refractivity contribution is -0.384. The molecule has 5 rings (SSSR count). The summed E-state index contributed by atoms with van der Waals surface area (Å²) in [6.45, 7) is 1.81. The van der Waals surface area contributed by atoms with Crippen LogP contribution >= 0.6 is 0 Å². The summed E-state index contributed by atoms with van der Waals surface area (Å²) < 4.78 is 11.3. The van der Waals surface area contributed by atoms with Crippen molar-refractivity contribution in [2.75, 3.05) is 10.6 Å². The fourth-order valence-electron chi connectivity index (χ4n) is 3.93. The number of fused-ring (bicyclic) bond motifs is 1. The molecule has 0 unspecified atom stereocenters. The number of carbonyl (C=O) groups is 2. The second-order valence-corrected chi connectivity index (χ2v) is 8.43. The molecule has 2 heterocycles. The molecule has 0 atom stereocenters. The number of carbonyl (C=O) groups excluding carboxylic acids is 2. The van der Waals surface area contributed by atoms with Crippen LogP contribution in [0.4, 0.5) is 17.1 Å². The molecule has 0 radical (unpaired) electrons. The number of hydrogen-bond acceptors (Lipinski definition) is 6. The minimum Gasteiger partial charge on any atom is -0.456 e. The first-order valence-corrected chi connectivity index (χ1v) is 11.6. The Morgan fingerprint density at radius 2 is 1.68 bits per heavy atom. The number of benzene rings is 3. The summed E-state index contributed by atoms with van der Waals surface area (Å²) >= 11 is 0. The van der Waals surface area contributed by atoms with E-state index in [1.807, 2.05) is 25.1 Å². The third-order valence-corrected chi connectivity index (χ3v) is 5.78. The van der Waals surface area contributed by atoms with Gasteiger partial charge in [-0.25, -0.2) is 0 Å². The first-order valence-electron chi connectivity index (χ1n) is 11.6. The molecule has 0 aliphatic rings. The number of furan rings is 2. The van der Waals surface area contributed by atoms with Crippen molar-refractivity contribution in [3.63, 3.8) is 0 Å². The molecule has 2 N–H and O–H groups in total. The third-order valence-electron chi connectivity index (χ3n) is 5.78. The maximum Gasteiger partial charge on any atom is 0.291 e. The van der Waals surface area contributed by atoms with Crippen LogP contribution < -0.4 is 10.6 Å². The quantitative estimate of drug-likeness (QED) is 0.141. The van der Waals surface area contributed by atoms with Crippen molar-refractivity contribution >= 4 is 45.9 Å². The fourth-order valence-corrected chi connectivity index (χ4v) is 3.93. The highest BCUT2D eigenvalue weighted by molar-refractivity contribution is 6.05. The lowest BCUT2D eigenvalue weighted by Crippen LogP contribution is -2.12. The first-order chi connectivity index (χ1) is 18.4. The maximum atomic E-state index is 12.6. The van der Waals surface area contributed by atoms with Gasteiger partial charge in [0.1, 0.15) is 17.1 Å². The summed E-state index contributed by atoms with van der Waals surface area (Å²) in [5.41, 5.74) is 2.79. The molecule has 188 valence electrons. The number of nitrogens with one attached hydrogen (secondary N) is 2. The molecule has 2 amide bonds. The molecule has 3 aromatic carbocycles. The number of nitro benzene ring substituents is 1. The van der Waals surface area contributed by atoms with Crippen molar-refractivity contribution in [1.29, 1.82) is 0 Å². The Hall–Kier alpha value is -5.44. The van der Waals surface area contributed by atoms with Crippen molar-refractivity contribution < 1.29 is 23.3 Å². The number of para-hydroxylation sites is 2. The van der Waals surface area contributed by atoms with Crippen LogP contribution in [0.2, 0.25) is 0 Å². The zero-order valence-corrected chi connectivity index (χ0v) is 20.1. The molecule has 0 saturated carbocycles. The van der Waals surface area contributed by atoms with Crippen LogP contribution in [0.1, 0.15) is 21.9 Å². The van der Waals surface area contributed by atoms with E-state index >= 15 is 0 Å². The number of nitrogens with zero attached hydrogens (tertiary/aromatic N) is 1. The Bertz CT molecular complexity index is 1680. The molecule has 38 heavy (non-hydrogen) atoms. The van der Waals surface area contributed by atoms with Crippen molar-refractivity contribution in [3.05, 3.63) is 118 Å². The van der Waals surface area contributed by atoms with Crippen LogP contribution in [-0.4, -0.2) is 16.7 Å². The minimum absolute atomic E-state index is 0.0669. The Morgan fingerprint density at radius 3 is 2.47 bits per heavy atom. The Kier molecular flexibility index (Phi) is 6.56.